The van der Waals surface area contributed by atoms with E-state index in [0.29, 0.717) is 32.8 Å². The first-order chi connectivity index (χ1) is 11.6. The molecule has 2 amide bonds. The Morgan fingerprint density at radius 3 is 2.52 bits per heavy atom. The second-order valence-corrected chi connectivity index (χ2v) is 7.06. The van der Waals surface area contributed by atoms with Crippen molar-refractivity contribution < 1.29 is 14.3 Å². The largest absolute Gasteiger partial charge is 0.382 e. The zero-order chi connectivity index (χ0) is 17.4. The van der Waals surface area contributed by atoms with Crippen LogP contribution in [0.1, 0.15) is 51.9 Å². The van der Waals surface area contributed by atoms with Crippen LogP contribution in [0.15, 0.2) is 0 Å². The fourth-order valence-corrected chi connectivity index (χ4v) is 3.75. The van der Waals surface area contributed by atoms with Gasteiger partial charge in [-0.15, -0.1) is 12.4 Å². The summed E-state index contributed by atoms with van der Waals surface area (Å²) in [6, 6.07) is 0.174. The topological polar surface area (TPSA) is 84.7 Å². The average molecular weight is 376 g/mol. The molecular weight excluding hydrogens is 342 g/mol. The van der Waals surface area contributed by atoms with Crippen molar-refractivity contribution in [3.63, 3.8) is 0 Å². The monoisotopic (exact) mass is 375 g/mol. The molecule has 2 rings (SSSR count). The van der Waals surface area contributed by atoms with Crippen molar-refractivity contribution >= 4 is 24.2 Å². The van der Waals surface area contributed by atoms with Gasteiger partial charge in [-0.3, -0.25) is 9.59 Å². The van der Waals surface area contributed by atoms with Crippen LogP contribution in [-0.4, -0.2) is 55.6 Å². The van der Waals surface area contributed by atoms with Gasteiger partial charge in [-0.2, -0.15) is 0 Å². The van der Waals surface area contributed by atoms with E-state index >= 15 is 0 Å². The number of ether oxygens (including phenoxy) is 1. The van der Waals surface area contributed by atoms with Crippen LogP contribution in [-0.2, 0) is 14.3 Å². The van der Waals surface area contributed by atoms with Crippen molar-refractivity contribution in [2.45, 2.75) is 57.9 Å². The second kappa shape index (κ2) is 11.7. The molecule has 1 saturated heterocycles. The number of nitrogens with zero attached hydrogens (tertiary/aromatic N) is 1. The Labute approximate surface area is 157 Å². The van der Waals surface area contributed by atoms with Crippen LogP contribution >= 0.6 is 12.4 Å². The normalized spacial score (nSPS) is 24.5. The summed E-state index contributed by atoms with van der Waals surface area (Å²) in [5.41, 5.74) is 6.00. The molecule has 2 unspecified atom stereocenters. The highest BCUT2D eigenvalue weighted by atomic mass is 35.5. The molecule has 25 heavy (non-hydrogen) atoms. The number of hydrogen-bond acceptors (Lipinski definition) is 4. The molecule has 3 N–H and O–H groups in total. The van der Waals surface area contributed by atoms with Crippen molar-refractivity contribution in [3.05, 3.63) is 0 Å². The number of nitrogens with two attached hydrogens (primary N) is 1. The molecular formula is C18H34ClN3O3. The third kappa shape index (κ3) is 7.12. The molecule has 0 bridgehead atoms. The molecule has 2 aliphatic rings. The third-order valence-electron chi connectivity index (χ3n) is 5.21. The minimum absolute atomic E-state index is 0. The van der Waals surface area contributed by atoms with E-state index in [1.54, 1.807) is 0 Å². The van der Waals surface area contributed by atoms with E-state index in [0.717, 1.165) is 44.9 Å². The van der Waals surface area contributed by atoms with Gasteiger partial charge >= 0.3 is 0 Å². The van der Waals surface area contributed by atoms with Gasteiger partial charge in [0.25, 0.3) is 0 Å². The fraction of sp³-hybridized carbons (Fsp3) is 0.889. The number of carbonyl (C=O) groups excluding carboxylic acids is 2. The zero-order valence-electron chi connectivity index (χ0n) is 15.4. The molecule has 0 aromatic carbocycles. The minimum Gasteiger partial charge on any atom is -0.382 e. The summed E-state index contributed by atoms with van der Waals surface area (Å²) in [7, 11) is 0. The van der Waals surface area contributed by atoms with Gasteiger partial charge in [-0.1, -0.05) is 6.42 Å². The van der Waals surface area contributed by atoms with Crippen LogP contribution in [0.25, 0.3) is 0 Å². The number of likely N-dealkylation sites (tertiary alicyclic amines) is 1. The lowest BCUT2D eigenvalue weighted by molar-refractivity contribution is -0.140. The quantitative estimate of drug-likeness (QED) is 0.663. The first-order valence-electron chi connectivity index (χ1n) is 9.51. The SMILES string of the molecule is CCOCCCNC(=O)C1CCN(C(=O)C2CCCC(N)C2)CC1.Cl. The molecule has 0 aromatic heterocycles. The van der Waals surface area contributed by atoms with Crippen molar-refractivity contribution in [3.8, 4) is 0 Å². The molecule has 7 heteroatoms. The van der Waals surface area contributed by atoms with Gasteiger partial charge in [0, 0.05) is 50.7 Å². The predicted molar refractivity (Wildman–Crippen MR) is 101 cm³/mol. The Morgan fingerprint density at radius 2 is 1.88 bits per heavy atom. The lowest BCUT2D eigenvalue weighted by atomic mass is 9.84. The standard InChI is InChI=1S/C18H33N3O3.ClH/c1-2-24-12-4-9-20-17(22)14-7-10-21(11-8-14)18(23)15-5-3-6-16(19)13-15;/h14-16H,2-13,19H2,1H3,(H,20,22);1H. The molecule has 1 aliphatic heterocycles. The Hall–Kier alpha value is -0.850. The lowest BCUT2D eigenvalue weighted by Gasteiger charge is -2.35. The van der Waals surface area contributed by atoms with Crippen LogP contribution in [0.4, 0.5) is 0 Å². The highest BCUT2D eigenvalue weighted by molar-refractivity contribution is 5.85. The van der Waals surface area contributed by atoms with Crippen molar-refractivity contribution in [2.75, 3.05) is 32.8 Å². The number of halogens is 1. The smallest absolute Gasteiger partial charge is 0.225 e. The summed E-state index contributed by atoms with van der Waals surface area (Å²) in [5, 5.41) is 2.99. The number of hydrogen-bond donors (Lipinski definition) is 2. The van der Waals surface area contributed by atoms with Gasteiger partial charge in [0.05, 0.1) is 0 Å². The molecule has 0 aromatic rings. The maximum absolute atomic E-state index is 12.6. The van der Waals surface area contributed by atoms with E-state index in [2.05, 4.69) is 5.32 Å². The number of amides is 2. The maximum Gasteiger partial charge on any atom is 0.225 e. The molecule has 0 radical (unpaired) electrons. The molecule has 1 saturated carbocycles. The van der Waals surface area contributed by atoms with E-state index in [4.69, 9.17) is 10.5 Å². The van der Waals surface area contributed by atoms with Crippen molar-refractivity contribution in [2.24, 2.45) is 17.6 Å². The van der Waals surface area contributed by atoms with Crippen LogP contribution < -0.4 is 11.1 Å². The number of rotatable bonds is 7. The average Bonchev–Trinajstić information content (AvgIpc) is 2.61. The summed E-state index contributed by atoms with van der Waals surface area (Å²) in [4.78, 5) is 26.7. The first kappa shape index (κ1) is 22.2. The summed E-state index contributed by atoms with van der Waals surface area (Å²) < 4.78 is 5.26. The van der Waals surface area contributed by atoms with Gasteiger partial charge in [0.15, 0.2) is 0 Å². The Bertz CT molecular complexity index is 414. The van der Waals surface area contributed by atoms with E-state index in [-0.39, 0.29) is 42.1 Å². The van der Waals surface area contributed by atoms with Gasteiger partial charge in [-0.25, -0.2) is 0 Å². The minimum atomic E-state index is 0. The van der Waals surface area contributed by atoms with E-state index in [1.165, 1.54) is 0 Å². The molecule has 2 fully saturated rings. The molecule has 0 spiro atoms. The van der Waals surface area contributed by atoms with Crippen molar-refractivity contribution in [1.82, 2.24) is 10.2 Å². The maximum atomic E-state index is 12.6. The van der Waals surface area contributed by atoms with Gasteiger partial charge < -0.3 is 20.7 Å². The highest BCUT2D eigenvalue weighted by Gasteiger charge is 2.32. The summed E-state index contributed by atoms with van der Waals surface area (Å²) in [6.07, 6.45) is 6.25. The number of piperidine rings is 1. The predicted octanol–water partition coefficient (Wildman–Crippen LogP) is 1.71. The van der Waals surface area contributed by atoms with E-state index in [9.17, 15) is 9.59 Å². The van der Waals surface area contributed by atoms with E-state index < -0.39 is 0 Å². The third-order valence-corrected chi connectivity index (χ3v) is 5.21. The van der Waals surface area contributed by atoms with Crippen LogP contribution in [0.2, 0.25) is 0 Å². The van der Waals surface area contributed by atoms with Gasteiger partial charge in [-0.05, 0) is 45.4 Å². The summed E-state index contributed by atoms with van der Waals surface area (Å²) in [6.45, 7) is 5.43. The second-order valence-electron chi connectivity index (χ2n) is 7.06. The summed E-state index contributed by atoms with van der Waals surface area (Å²) in [5.74, 6) is 0.506. The molecule has 2 atom stereocenters. The van der Waals surface area contributed by atoms with Crippen LogP contribution in [0.3, 0.4) is 0 Å². The van der Waals surface area contributed by atoms with Gasteiger partial charge in [0.2, 0.25) is 11.8 Å². The van der Waals surface area contributed by atoms with Gasteiger partial charge in [0.1, 0.15) is 0 Å². The van der Waals surface area contributed by atoms with E-state index in [1.807, 2.05) is 11.8 Å². The molecule has 1 aliphatic carbocycles. The highest BCUT2D eigenvalue weighted by Crippen LogP contribution is 2.27. The Kier molecular flexibility index (Phi) is 10.4. The Balaban J connectivity index is 0.00000312. The Morgan fingerprint density at radius 1 is 1.16 bits per heavy atom. The fourth-order valence-electron chi connectivity index (χ4n) is 3.75. The van der Waals surface area contributed by atoms with Crippen LogP contribution in [0.5, 0.6) is 0 Å². The summed E-state index contributed by atoms with van der Waals surface area (Å²) >= 11 is 0. The van der Waals surface area contributed by atoms with Crippen molar-refractivity contribution in [1.29, 1.82) is 0 Å². The first-order valence-corrected chi connectivity index (χ1v) is 9.51. The molecule has 6 nitrogen and oxygen atoms in total. The lowest BCUT2D eigenvalue weighted by Crippen LogP contribution is -2.46. The van der Waals surface area contributed by atoms with Crippen LogP contribution in [0, 0.1) is 11.8 Å². The molecule has 146 valence electrons. The number of carbonyl (C=O) groups is 2. The zero-order valence-corrected chi connectivity index (χ0v) is 16.2. The number of nitrogens with one attached hydrogen (secondary N) is 1. The molecule has 1 heterocycles.